The van der Waals surface area contributed by atoms with Crippen molar-refractivity contribution >= 4 is 38.9 Å². The zero-order valence-electron chi connectivity index (χ0n) is 16.7. The Morgan fingerprint density at radius 2 is 1.77 bits per heavy atom. The molecule has 1 atom stereocenters. The number of rotatable bonds is 3. The van der Waals surface area contributed by atoms with Crippen molar-refractivity contribution in [2.24, 2.45) is 0 Å². The van der Waals surface area contributed by atoms with Crippen molar-refractivity contribution in [1.82, 2.24) is 4.90 Å². The van der Waals surface area contributed by atoms with E-state index < -0.39 is 16.1 Å². The number of carbonyl (C=O) groups is 1. The number of amides is 1. The van der Waals surface area contributed by atoms with E-state index in [1.165, 1.54) is 10.6 Å². The molecule has 0 saturated carbocycles. The van der Waals surface area contributed by atoms with Crippen LogP contribution in [0.5, 0.6) is 5.75 Å². The van der Waals surface area contributed by atoms with Crippen LogP contribution < -0.4 is 13.9 Å². The Kier molecular flexibility index (Phi) is 5.79. The van der Waals surface area contributed by atoms with Crippen molar-refractivity contribution in [3.8, 4) is 5.75 Å². The lowest BCUT2D eigenvalue weighted by Gasteiger charge is -2.37. The van der Waals surface area contributed by atoms with Gasteiger partial charge >= 0.3 is 0 Å². The molecule has 4 rings (SSSR count). The standard InChI is InChI=1S/C21H24ClN3O4S/c1-30(27,28)25-10-9-20(29-19-8-3-2-7-18(19)25)21(26)24-13-11-23(12-14-24)17-6-4-5-16(22)15-17/h2-8,15,20H,9-14H2,1H3. The third kappa shape index (κ3) is 4.34. The molecular formula is C21H24ClN3O4S. The van der Waals surface area contributed by atoms with Crippen LogP contribution >= 0.6 is 11.6 Å². The van der Waals surface area contributed by atoms with E-state index in [9.17, 15) is 13.2 Å². The van der Waals surface area contributed by atoms with Gasteiger partial charge in [-0.2, -0.15) is 0 Å². The fraction of sp³-hybridized carbons (Fsp3) is 0.381. The number of ether oxygens (including phenoxy) is 1. The summed E-state index contributed by atoms with van der Waals surface area (Å²) < 4.78 is 31.8. The third-order valence-electron chi connectivity index (χ3n) is 5.44. The first-order valence-electron chi connectivity index (χ1n) is 9.85. The van der Waals surface area contributed by atoms with Gasteiger partial charge < -0.3 is 14.5 Å². The summed E-state index contributed by atoms with van der Waals surface area (Å²) in [6.07, 6.45) is 0.756. The molecule has 2 aromatic rings. The molecule has 30 heavy (non-hydrogen) atoms. The van der Waals surface area contributed by atoms with Crippen molar-refractivity contribution in [3.63, 3.8) is 0 Å². The number of fused-ring (bicyclic) bond motifs is 1. The first-order chi connectivity index (χ1) is 14.3. The molecule has 0 spiro atoms. The van der Waals surface area contributed by atoms with E-state index in [-0.39, 0.29) is 12.5 Å². The van der Waals surface area contributed by atoms with Gasteiger partial charge in [0.1, 0.15) is 5.75 Å². The number of halogens is 1. The van der Waals surface area contributed by atoms with E-state index in [0.29, 0.717) is 49.1 Å². The molecule has 2 aromatic carbocycles. The molecule has 1 saturated heterocycles. The van der Waals surface area contributed by atoms with Gasteiger partial charge in [-0.3, -0.25) is 9.10 Å². The SMILES string of the molecule is CS(=O)(=O)N1CCC(C(=O)N2CCN(c3cccc(Cl)c3)CC2)Oc2ccccc21. The lowest BCUT2D eigenvalue weighted by Crippen LogP contribution is -2.52. The minimum atomic E-state index is -3.47. The molecule has 2 aliphatic rings. The van der Waals surface area contributed by atoms with Crippen LogP contribution in [0.25, 0.3) is 0 Å². The predicted octanol–water partition coefficient (Wildman–Crippen LogP) is 2.61. The first-order valence-corrected chi connectivity index (χ1v) is 12.1. The summed E-state index contributed by atoms with van der Waals surface area (Å²) in [4.78, 5) is 17.2. The second-order valence-corrected chi connectivity index (χ2v) is 9.83. The van der Waals surface area contributed by atoms with Crippen molar-refractivity contribution in [1.29, 1.82) is 0 Å². The number of benzene rings is 2. The van der Waals surface area contributed by atoms with Crippen molar-refractivity contribution in [2.75, 3.05) is 48.2 Å². The largest absolute Gasteiger partial charge is 0.478 e. The summed E-state index contributed by atoms with van der Waals surface area (Å²) in [5.41, 5.74) is 1.51. The number of piperazine rings is 1. The smallest absolute Gasteiger partial charge is 0.263 e. The monoisotopic (exact) mass is 449 g/mol. The van der Waals surface area contributed by atoms with Crippen LogP contribution in [0.15, 0.2) is 48.5 Å². The lowest BCUT2D eigenvalue weighted by atomic mass is 10.2. The van der Waals surface area contributed by atoms with Gasteiger partial charge in [-0.05, 0) is 30.3 Å². The summed E-state index contributed by atoms with van der Waals surface area (Å²) >= 11 is 6.09. The van der Waals surface area contributed by atoms with E-state index in [1.54, 1.807) is 29.2 Å². The second-order valence-electron chi connectivity index (χ2n) is 7.49. The minimum Gasteiger partial charge on any atom is -0.478 e. The van der Waals surface area contributed by atoms with Gasteiger partial charge in [-0.1, -0.05) is 29.8 Å². The number of sulfonamides is 1. The van der Waals surface area contributed by atoms with Gasteiger partial charge in [0.05, 0.1) is 11.9 Å². The highest BCUT2D eigenvalue weighted by Crippen LogP contribution is 2.34. The molecule has 1 fully saturated rings. The summed E-state index contributed by atoms with van der Waals surface area (Å²) in [5, 5.41) is 0.687. The topological polar surface area (TPSA) is 70.2 Å². The van der Waals surface area contributed by atoms with E-state index in [4.69, 9.17) is 16.3 Å². The maximum absolute atomic E-state index is 13.2. The highest BCUT2D eigenvalue weighted by atomic mass is 35.5. The fourth-order valence-corrected chi connectivity index (χ4v) is 5.04. The molecule has 160 valence electrons. The molecule has 0 aromatic heterocycles. The van der Waals surface area contributed by atoms with Crippen LogP contribution in [0, 0.1) is 0 Å². The molecule has 0 N–H and O–H groups in total. The van der Waals surface area contributed by atoms with E-state index in [2.05, 4.69) is 4.90 Å². The zero-order chi connectivity index (χ0) is 21.3. The van der Waals surface area contributed by atoms with Gasteiger partial charge in [-0.25, -0.2) is 8.42 Å². The Bertz CT molecular complexity index is 1040. The number of hydrogen-bond donors (Lipinski definition) is 0. The maximum Gasteiger partial charge on any atom is 0.263 e. The Morgan fingerprint density at radius 1 is 1.03 bits per heavy atom. The Labute approximate surface area is 181 Å². The van der Waals surface area contributed by atoms with Gasteiger partial charge in [0, 0.05) is 49.9 Å². The highest BCUT2D eigenvalue weighted by molar-refractivity contribution is 7.92. The lowest BCUT2D eigenvalue weighted by molar-refractivity contribution is -0.139. The van der Waals surface area contributed by atoms with E-state index in [0.717, 1.165) is 5.69 Å². The van der Waals surface area contributed by atoms with Crippen molar-refractivity contribution < 1.29 is 17.9 Å². The third-order valence-corrected chi connectivity index (χ3v) is 6.85. The molecule has 9 heteroatoms. The van der Waals surface area contributed by atoms with Gasteiger partial charge in [0.2, 0.25) is 10.0 Å². The summed E-state index contributed by atoms with van der Waals surface area (Å²) in [7, 11) is -3.47. The highest BCUT2D eigenvalue weighted by Gasteiger charge is 2.34. The number of carbonyl (C=O) groups excluding carboxylic acids is 1. The Hall–Kier alpha value is -2.45. The molecular weight excluding hydrogens is 426 g/mol. The molecule has 0 bridgehead atoms. The number of para-hydroxylation sites is 2. The van der Waals surface area contributed by atoms with E-state index in [1.807, 2.05) is 24.3 Å². The minimum absolute atomic E-state index is 0.106. The first kappa shape index (κ1) is 20.8. The van der Waals surface area contributed by atoms with E-state index >= 15 is 0 Å². The van der Waals surface area contributed by atoms with Gasteiger partial charge in [-0.15, -0.1) is 0 Å². The van der Waals surface area contributed by atoms with Crippen LogP contribution in [0.4, 0.5) is 11.4 Å². The van der Waals surface area contributed by atoms with Crippen LogP contribution in [-0.2, 0) is 14.8 Å². The average molecular weight is 450 g/mol. The molecule has 0 radical (unpaired) electrons. The normalized spacial score (nSPS) is 19.7. The quantitative estimate of drug-likeness (QED) is 0.720. The molecule has 1 unspecified atom stereocenters. The maximum atomic E-state index is 13.2. The van der Waals surface area contributed by atoms with Crippen LogP contribution in [0.1, 0.15) is 6.42 Å². The van der Waals surface area contributed by atoms with Crippen LogP contribution in [0.2, 0.25) is 5.02 Å². The molecule has 1 amide bonds. The summed E-state index contributed by atoms with van der Waals surface area (Å²) in [6, 6.07) is 14.6. The van der Waals surface area contributed by atoms with Crippen LogP contribution in [-0.4, -0.2) is 64.3 Å². The number of anilines is 2. The van der Waals surface area contributed by atoms with Crippen molar-refractivity contribution in [3.05, 3.63) is 53.6 Å². The fourth-order valence-electron chi connectivity index (χ4n) is 3.91. The predicted molar refractivity (Wildman–Crippen MR) is 118 cm³/mol. The number of nitrogens with zero attached hydrogens (tertiary/aromatic N) is 3. The Balaban J connectivity index is 1.46. The molecule has 7 nitrogen and oxygen atoms in total. The summed E-state index contributed by atoms with van der Waals surface area (Å²) in [5.74, 6) is 0.308. The molecule has 0 aliphatic carbocycles. The van der Waals surface area contributed by atoms with Crippen LogP contribution in [0.3, 0.4) is 0 Å². The molecule has 2 aliphatic heterocycles. The zero-order valence-corrected chi connectivity index (χ0v) is 18.3. The second kappa shape index (κ2) is 8.35. The van der Waals surface area contributed by atoms with Gasteiger partial charge in [0.15, 0.2) is 6.10 Å². The number of hydrogen-bond acceptors (Lipinski definition) is 5. The summed E-state index contributed by atoms with van der Waals surface area (Å²) in [6.45, 7) is 2.75. The Morgan fingerprint density at radius 3 is 2.47 bits per heavy atom. The molecule has 2 heterocycles. The van der Waals surface area contributed by atoms with Gasteiger partial charge in [0.25, 0.3) is 5.91 Å². The average Bonchev–Trinajstić information content (AvgIpc) is 2.93. The van der Waals surface area contributed by atoms with Crippen molar-refractivity contribution in [2.45, 2.75) is 12.5 Å².